The minimum absolute atomic E-state index is 0.00677. The number of ether oxygens (including phenoxy) is 1. The third-order valence-electron chi connectivity index (χ3n) is 2.52. The van der Waals surface area contributed by atoms with Gasteiger partial charge in [-0.2, -0.15) is 0 Å². The molecule has 0 saturated heterocycles. The largest absolute Gasteiger partial charge is 0.490 e. The zero-order chi connectivity index (χ0) is 12.3. The van der Waals surface area contributed by atoms with Gasteiger partial charge in [0.2, 0.25) is 0 Å². The Labute approximate surface area is 99.6 Å². The van der Waals surface area contributed by atoms with E-state index >= 15 is 0 Å². The van der Waals surface area contributed by atoms with Crippen molar-refractivity contribution in [3.05, 3.63) is 42.5 Å². The molecule has 1 atom stereocenters. The minimum atomic E-state index is -0.849. The van der Waals surface area contributed by atoms with Crippen molar-refractivity contribution in [2.75, 3.05) is 0 Å². The molecule has 2 rings (SSSR count). The van der Waals surface area contributed by atoms with Crippen LogP contribution in [0.15, 0.2) is 42.5 Å². The number of carboxylic acids is 1. The Morgan fingerprint density at radius 1 is 1.24 bits per heavy atom. The topological polar surface area (TPSA) is 46.5 Å². The highest BCUT2D eigenvalue weighted by Gasteiger charge is 2.09. The fraction of sp³-hybridized carbons (Fsp3) is 0.214. The maximum absolute atomic E-state index is 10.5. The summed E-state index contributed by atoms with van der Waals surface area (Å²) in [5.41, 5.74) is 0. The van der Waals surface area contributed by atoms with Crippen molar-refractivity contribution in [3.8, 4) is 5.75 Å². The molecule has 0 unspecified atom stereocenters. The van der Waals surface area contributed by atoms with Crippen LogP contribution in [0.2, 0.25) is 0 Å². The Balaban J connectivity index is 2.16. The van der Waals surface area contributed by atoms with Crippen LogP contribution >= 0.6 is 0 Å². The molecule has 88 valence electrons. The minimum Gasteiger partial charge on any atom is -0.490 e. The van der Waals surface area contributed by atoms with Crippen molar-refractivity contribution in [1.82, 2.24) is 0 Å². The lowest BCUT2D eigenvalue weighted by Crippen LogP contribution is -2.16. The van der Waals surface area contributed by atoms with Gasteiger partial charge in [-0.3, -0.25) is 4.79 Å². The van der Waals surface area contributed by atoms with Gasteiger partial charge >= 0.3 is 5.97 Å². The molecule has 0 heterocycles. The molecule has 0 aliphatic heterocycles. The summed E-state index contributed by atoms with van der Waals surface area (Å²) >= 11 is 0. The zero-order valence-corrected chi connectivity index (χ0v) is 9.59. The normalized spacial score (nSPS) is 12.3. The molecule has 0 fully saturated rings. The molecule has 0 bridgehead atoms. The Kier molecular flexibility index (Phi) is 3.28. The van der Waals surface area contributed by atoms with Gasteiger partial charge in [-0.25, -0.2) is 0 Å². The van der Waals surface area contributed by atoms with Crippen molar-refractivity contribution in [2.24, 2.45) is 0 Å². The Hall–Kier alpha value is -2.03. The molecule has 2 aromatic carbocycles. The van der Waals surface area contributed by atoms with E-state index in [-0.39, 0.29) is 12.5 Å². The molecule has 3 nitrogen and oxygen atoms in total. The molecular formula is C14H14O3. The first-order valence-corrected chi connectivity index (χ1v) is 5.52. The van der Waals surface area contributed by atoms with Gasteiger partial charge in [0, 0.05) is 0 Å². The highest BCUT2D eigenvalue weighted by molar-refractivity contribution is 5.83. The molecule has 0 aliphatic rings. The van der Waals surface area contributed by atoms with Gasteiger partial charge in [-0.05, 0) is 29.8 Å². The number of benzene rings is 2. The van der Waals surface area contributed by atoms with Crippen LogP contribution in [-0.2, 0) is 4.79 Å². The summed E-state index contributed by atoms with van der Waals surface area (Å²) < 4.78 is 5.55. The lowest BCUT2D eigenvalue weighted by molar-refractivity contribution is -0.138. The molecule has 3 heteroatoms. The van der Waals surface area contributed by atoms with Crippen molar-refractivity contribution in [3.63, 3.8) is 0 Å². The third-order valence-corrected chi connectivity index (χ3v) is 2.52. The summed E-state index contributed by atoms with van der Waals surface area (Å²) in [7, 11) is 0. The highest BCUT2D eigenvalue weighted by Crippen LogP contribution is 2.21. The maximum atomic E-state index is 10.5. The SMILES string of the molecule is C[C@@H](CC(=O)O)Oc1ccc2ccccc2c1. The predicted molar refractivity (Wildman–Crippen MR) is 66.3 cm³/mol. The van der Waals surface area contributed by atoms with Gasteiger partial charge in [-0.1, -0.05) is 30.3 Å². The van der Waals surface area contributed by atoms with Crippen LogP contribution in [0.1, 0.15) is 13.3 Å². The summed E-state index contributed by atoms with van der Waals surface area (Å²) in [5, 5.41) is 10.9. The van der Waals surface area contributed by atoms with Crippen molar-refractivity contribution in [2.45, 2.75) is 19.4 Å². The summed E-state index contributed by atoms with van der Waals surface area (Å²) in [4.78, 5) is 10.5. The maximum Gasteiger partial charge on any atom is 0.307 e. The first-order valence-electron chi connectivity index (χ1n) is 5.52. The van der Waals surface area contributed by atoms with Gasteiger partial charge in [0.25, 0.3) is 0 Å². The Morgan fingerprint density at radius 3 is 2.65 bits per heavy atom. The average Bonchev–Trinajstić information content (AvgIpc) is 2.27. The number of rotatable bonds is 4. The van der Waals surface area contributed by atoms with Gasteiger partial charge < -0.3 is 9.84 Å². The van der Waals surface area contributed by atoms with Crippen LogP contribution in [0, 0.1) is 0 Å². The van der Waals surface area contributed by atoms with Crippen LogP contribution in [0.25, 0.3) is 10.8 Å². The highest BCUT2D eigenvalue weighted by atomic mass is 16.5. The van der Waals surface area contributed by atoms with Gasteiger partial charge in [0.15, 0.2) is 0 Å². The third kappa shape index (κ3) is 2.97. The molecule has 17 heavy (non-hydrogen) atoms. The first kappa shape index (κ1) is 11.5. The van der Waals surface area contributed by atoms with Gasteiger partial charge in [0.05, 0.1) is 6.42 Å². The molecule has 0 saturated carbocycles. The smallest absolute Gasteiger partial charge is 0.307 e. The standard InChI is InChI=1S/C14H14O3/c1-10(8-14(15)16)17-13-7-6-11-4-2-3-5-12(11)9-13/h2-7,9-10H,8H2,1H3,(H,15,16)/t10-/m0/s1. The van der Waals surface area contributed by atoms with E-state index in [0.717, 1.165) is 10.8 Å². The summed E-state index contributed by atoms with van der Waals surface area (Å²) in [6, 6.07) is 13.7. The molecule has 0 spiro atoms. The second-order valence-electron chi connectivity index (χ2n) is 4.04. The first-order chi connectivity index (χ1) is 8.15. The van der Waals surface area contributed by atoms with Crippen LogP contribution in [-0.4, -0.2) is 17.2 Å². The average molecular weight is 230 g/mol. The number of hydrogen-bond donors (Lipinski definition) is 1. The van der Waals surface area contributed by atoms with Crippen molar-refractivity contribution >= 4 is 16.7 Å². The Morgan fingerprint density at radius 2 is 1.94 bits per heavy atom. The van der Waals surface area contributed by atoms with Gasteiger partial charge in [0.1, 0.15) is 11.9 Å². The van der Waals surface area contributed by atoms with Crippen LogP contribution in [0.3, 0.4) is 0 Å². The zero-order valence-electron chi connectivity index (χ0n) is 9.59. The van der Waals surface area contributed by atoms with E-state index in [1.807, 2.05) is 42.5 Å². The lowest BCUT2D eigenvalue weighted by Gasteiger charge is -2.13. The molecule has 2 aromatic rings. The number of hydrogen-bond acceptors (Lipinski definition) is 2. The fourth-order valence-corrected chi connectivity index (χ4v) is 1.76. The molecule has 0 aromatic heterocycles. The number of aliphatic carboxylic acids is 1. The molecular weight excluding hydrogens is 216 g/mol. The van der Waals surface area contributed by atoms with E-state index in [1.54, 1.807) is 6.92 Å². The van der Waals surface area contributed by atoms with E-state index in [9.17, 15) is 4.79 Å². The number of fused-ring (bicyclic) bond motifs is 1. The molecule has 0 radical (unpaired) electrons. The second kappa shape index (κ2) is 4.87. The van der Waals surface area contributed by atoms with Crippen LogP contribution in [0.4, 0.5) is 0 Å². The monoisotopic (exact) mass is 230 g/mol. The van der Waals surface area contributed by atoms with Crippen LogP contribution in [0.5, 0.6) is 5.75 Å². The lowest BCUT2D eigenvalue weighted by atomic mass is 10.1. The van der Waals surface area contributed by atoms with E-state index in [2.05, 4.69) is 0 Å². The van der Waals surface area contributed by atoms with E-state index in [1.165, 1.54) is 0 Å². The number of carboxylic acid groups (broad SMARTS) is 1. The van der Waals surface area contributed by atoms with Crippen LogP contribution < -0.4 is 4.74 Å². The molecule has 0 aliphatic carbocycles. The van der Waals surface area contributed by atoms with E-state index in [4.69, 9.17) is 9.84 Å². The number of carbonyl (C=O) groups is 1. The molecule has 0 amide bonds. The summed E-state index contributed by atoms with van der Waals surface area (Å²) in [6.07, 6.45) is -0.319. The fourth-order valence-electron chi connectivity index (χ4n) is 1.76. The summed E-state index contributed by atoms with van der Waals surface area (Å²) in [6.45, 7) is 1.75. The summed E-state index contributed by atoms with van der Waals surface area (Å²) in [5.74, 6) is -0.143. The van der Waals surface area contributed by atoms with Crippen molar-refractivity contribution < 1.29 is 14.6 Å². The predicted octanol–water partition coefficient (Wildman–Crippen LogP) is 3.08. The second-order valence-corrected chi connectivity index (χ2v) is 4.04. The van der Waals surface area contributed by atoms with E-state index < -0.39 is 5.97 Å². The Bertz CT molecular complexity index is 534. The quantitative estimate of drug-likeness (QED) is 0.877. The van der Waals surface area contributed by atoms with Crippen molar-refractivity contribution in [1.29, 1.82) is 0 Å². The van der Waals surface area contributed by atoms with E-state index in [0.29, 0.717) is 5.75 Å². The van der Waals surface area contributed by atoms with Gasteiger partial charge in [-0.15, -0.1) is 0 Å². The molecule has 1 N–H and O–H groups in total.